The number of pyridine rings is 1. The molecule has 2 aromatic carbocycles. The lowest BCUT2D eigenvalue weighted by Gasteiger charge is -2.26. The van der Waals surface area contributed by atoms with Gasteiger partial charge >= 0.3 is 11.9 Å². The number of rotatable bonds is 8. The summed E-state index contributed by atoms with van der Waals surface area (Å²) < 4.78 is 31.9. The summed E-state index contributed by atoms with van der Waals surface area (Å²) in [6, 6.07) is 18.3. The van der Waals surface area contributed by atoms with Gasteiger partial charge < -0.3 is 24.8 Å². The number of aromatic nitrogens is 1. The molecular formula is C27H22N4O7S2. The second-order valence-corrected chi connectivity index (χ2v) is 11.2. The van der Waals surface area contributed by atoms with Crippen LogP contribution in [-0.2, 0) is 10.0 Å². The Bertz CT molecular complexity index is 1690. The van der Waals surface area contributed by atoms with Gasteiger partial charge in [-0.3, -0.25) is 9.71 Å². The molecule has 4 aromatic rings. The number of benzene rings is 2. The first-order valence-corrected chi connectivity index (χ1v) is 14.1. The van der Waals surface area contributed by atoms with Gasteiger partial charge in [-0.1, -0.05) is 6.07 Å². The molecular weight excluding hydrogens is 556 g/mol. The Hall–Kier alpha value is -4.75. The molecule has 11 nitrogen and oxygen atoms in total. The van der Waals surface area contributed by atoms with Gasteiger partial charge in [0.1, 0.15) is 17.6 Å². The fourth-order valence-electron chi connectivity index (χ4n) is 4.51. The van der Waals surface area contributed by atoms with E-state index in [9.17, 15) is 28.2 Å². The van der Waals surface area contributed by atoms with E-state index in [0.717, 1.165) is 12.3 Å². The number of anilines is 2. The summed E-state index contributed by atoms with van der Waals surface area (Å²) in [5, 5.41) is 22.6. The van der Waals surface area contributed by atoms with Crippen LogP contribution in [0.5, 0.6) is 0 Å². The van der Waals surface area contributed by atoms with Gasteiger partial charge in [-0.2, -0.15) is 0 Å². The minimum atomic E-state index is -3.46. The SMILES string of the molecule is CS(=O)(=O)Nc1ccc(N2C(=S)NC(c3ccccn3)C2c2ccc(-c3cc(C(=O)O)cc(C(=O)O)c3)o2)cc1. The van der Waals surface area contributed by atoms with Gasteiger partial charge in [0, 0.05) is 23.1 Å². The molecule has 1 fully saturated rings. The van der Waals surface area contributed by atoms with Crippen LogP contribution >= 0.6 is 12.2 Å². The Morgan fingerprint density at radius 2 is 1.68 bits per heavy atom. The number of carbonyl (C=O) groups is 2. The van der Waals surface area contributed by atoms with Crippen LogP contribution in [-0.4, -0.2) is 46.9 Å². The van der Waals surface area contributed by atoms with E-state index in [1.165, 1.54) is 12.1 Å². The second kappa shape index (κ2) is 10.4. The van der Waals surface area contributed by atoms with Crippen molar-refractivity contribution in [3.63, 3.8) is 0 Å². The van der Waals surface area contributed by atoms with Gasteiger partial charge in [0.2, 0.25) is 10.0 Å². The molecule has 13 heteroatoms. The maximum absolute atomic E-state index is 11.6. The maximum atomic E-state index is 11.6. The first kappa shape index (κ1) is 26.8. The summed E-state index contributed by atoms with van der Waals surface area (Å²) in [5.41, 5.74) is 1.63. The molecule has 2 atom stereocenters. The van der Waals surface area contributed by atoms with Crippen molar-refractivity contribution in [2.45, 2.75) is 12.1 Å². The fourth-order valence-corrected chi connectivity index (χ4v) is 5.42. The number of carboxylic acids is 2. The van der Waals surface area contributed by atoms with Crippen LogP contribution < -0.4 is 14.9 Å². The molecule has 0 aliphatic carbocycles. The summed E-state index contributed by atoms with van der Waals surface area (Å²) >= 11 is 5.69. The molecule has 0 bridgehead atoms. The molecule has 0 radical (unpaired) electrons. The van der Waals surface area contributed by atoms with E-state index in [2.05, 4.69) is 15.0 Å². The van der Waals surface area contributed by atoms with Crippen LogP contribution in [0.1, 0.15) is 44.3 Å². The monoisotopic (exact) mass is 578 g/mol. The molecule has 40 heavy (non-hydrogen) atoms. The molecule has 1 saturated heterocycles. The van der Waals surface area contributed by atoms with Crippen molar-refractivity contribution in [2.24, 2.45) is 0 Å². The molecule has 4 N–H and O–H groups in total. The molecule has 5 rings (SSSR count). The third kappa shape index (κ3) is 5.51. The highest BCUT2D eigenvalue weighted by Crippen LogP contribution is 2.43. The summed E-state index contributed by atoms with van der Waals surface area (Å²) in [7, 11) is -3.46. The smallest absolute Gasteiger partial charge is 0.335 e. The number of hydrogen-bond donors (Lipinski definition) is 4. The van der Waals surface area contributed by atoms with E-state index < -0.39 is 34.0 Å². The van der Waals surface area contributed by atoms with Crippen LogP contribution in [0.3, 0.4) is 0 Å². The summed E-state index contributed by atoms with van der Waals surface area (Å²) in [6.45, 7) is 0. The normalized spacial score (nSPS) is 16.9. The van der Waals surface area contributed by atoms with Gasteiger partial charge in [-0.25, -0.2) is 18.0 Å². The van der Waals surface area contributed by atoms with Gasteiger partial charge in [0.15, 0.2) is 5.11 Å². The van der Waals surface area contributed by atoms with E-state index in [1.807, 2.05) is 17.0 Å². The fraction of sp³-hybridized carbons (Fsp3) is 0.111. The van der Waals surface area contributed by atoms with Crippen LogP contribution in [0, 0.1) is 0 Å². The molecule has 2 unspecified atom stereocenters. The number of sulfonamides is 1. The second-order valence-electron chi connectivity index (χ2n) is 9.03. The Morgan fingerprint density at radius 3 is 2.25 bits per heavy atom. The predicted octanol–water partition coefficient (Wildman–Crippen LogP) is 4.29. The highest BCUT2D eigenvalue weighted by atomic mass is 32.2. The molecule has 0 amide bonds. The average Bonchev–Trinajstić information content (AvgIpc) is 3.53. The predicted molar refractivity (Wildman–Crippen MR) is 151 cm³/mol. The van der Waals surface area contributed by atoms with E-state index >= 15 is 0 Å². The van der Waals surface area contributed by atoms with Crippen molar-refractivity contribution in [1.29, 1.82) is 0 Å². The molecule has 1 aliphatic rings. The van der Waals surface area contributed by atoms with Crippen molar-refractivity contribution in [3.05, 3.63) is 102 Å². The third-order valence-corrected chi connectivity index (χ3v) is 7.10. The molecule has 0 saturated carbocycles. The minimum Gasteiger partial charge on any atom is -0.478 e. The topological polar surface area (TPSA) is 162 Å². The Kier molecular flexibility index (Phi) is 7.00. The number of furan rings is 1. The Balaban J connectivity index is 1.58. The van der Waals surface area contributed by atoms with Crippen molar-refractivity contribution in [2.75, 3.05) is 15.9 Å². The zero-order valence-corrected chi connectivity index (χ0v) is 22.4. The van der Waals surface area contributed by atoms with E-state index in [4.69, 9.17) is 16.6 Å². The van der Waals surface area contributed by atoms with Crippen LogP contribution in [0.4, 0.5) is 11.4 Å². The number of carboxylic acid groups (broad SMARTS) is 2. The summed E-state index contributed by atoms with van der Waals surface area (Å²) in [4.78, 5) is 29.5. The molecule has 204 valence electrons. The van der Waals surface area contributed by atoms with Crippen molar-refractivity contribution in [1.82, 2.24) is 10.3 Å². The number of thiocarbonyl (C=S) groups is 1. The Labute approximate surface area is 234 Å². The maximum Gasteiger partial charge on any atom is 0.335 e. The largest absolute Gasteiger partial charge is 0.478 e. The number of hydrogen-bond acceptors (Lipinski definition) is 7. The molecule has 0 spiro atoms. The van der Waals surface area contributed by atoms with Gasteiger partial charge in [0.25, 0.3) is 0 Å². The first-order chi connectivity index (χ1) is 19.0. The third-order valence-electron chi connectivity index (χ3n) is 6.18. The van der Waals surface area contributed by atoms with Gasteiger partial charge in [-0.15, -0.1) is 0 Å². The van der Waals surface area contributed by atoms with Crippen LogP contribution in [0.15, 0.2) is 83.4 Å². The van der Waals surface area contributed by atoms with E-state index in [1.54, 1.807) is 48.7 Å². The quantitative estimate of drug-likeness (QED) is 0.221. The number of nitrogens with zero attached hydrogens (tertiary/aromatic N) is 2. The first-order valence-electron chi connectivity index (χ1n) is 11.8. The van der Waals surface area contributed by atoms with Crippen LogP contribution in [0.2, 0.25) is 0 Å². The van der Waals surface area contributed by atoms with Crippen LogP contribution in [0.25, 0.3) is 11.3 Å². The van der Waals surface area contributed by atoms with Gasteiger partial charge in [-0.05, 0) is 78.9 Å². The minimum absolute atomic E-state index is 0.188. The average molecular weight is 579 g/mol. The molecule has 2 aromatic heterocycles. The molecule has 1 aliphatic heterocycles. The standard InChI is InChI=1S/C27H22N4O7S2/c1-40(36,37)30-18-5-7-19(8-6-18)31-24(23(29-27(31)39)20-4-2-3-11-28-20)22-10-9-21(38-22)15-12-16(25(32)33)14-17(13-15)26(34)35/h2-14,23-24,30H,1H3,(H,29,39)(H,32,33)(H,34,35). The van der Waals surface area contributed by atoms with Crippen molar-refractivity contribution >= 4 is 50.7 Å². The highest BCUT2D eigenvalue weighted by Gasteiger charge is 2.42. The van der Waals surface area contributed by atoms with E-state index in [0.29, 0.717) is 27.9 Å². The lowest BCUT2D eigenvalue weighted by molar-refractivity contribution is 0.0696. The zero-order chi connectivity index (χ0) is 28.6. The van der Waals surface area contributed by atoms with Crippen molar-refractivity contribution < 1.29 is 32.6 Å². The van der Waals surface area contributed by atoms with Gasteiger partial charge in [0.05, 0.1) is 29.1 Å². The lowest BCUT2D eigenvalue weighted by Crippen LogP contribution is -2.29. The highest BCUT2D eigenvalue weighted by molar-refractivity contribution is 7.92. The number of nitrogens with one attached hydrogen (secondary N) is 2. The number of aromatic carboxylic acids is 2. The Morgan fingerprint density at radius 1 is 1.00 bits per heavy atom. The summed E-state index contributed by atoms with van der Waals surface area (Å²) in [5.74, 6) is -1.81. The molecule has 3 heterocycles. The van der Waals surface area contributed by atoms with E-state index in [-0.39, 0.29) is 22.5 Å². The van der Waals surface area contributed by atoms with Crippen molar-refractivity contribution in [3.8, 4) is 11.3 Å². The lowest BCUT2D eigenvalue weighted by atomic mass is 10.0. The summed E-state index contributed by atoms with van der Waals surface area (Å²) in [6.07, 6.45) is 2.72. The zero-order valence-electron chi connectivity index (χ0n) is 20.8.